The van der Waals surface area contributed by atoms with Crippen LogP contribution < -0.4 is 10.6 Å². The van der Waals surface area contributed by atoms with E-state index in [1.54, 1.807) is 0 Å². The van der Waals surface area contributed by atoms with Gasteiger partial charge < -0.3 is 10.6 Å². The summed E-state index contributed by atoms with van der Waals surface area (Å²) in [7, 11) is 0. The maximum Gasteiger partial charge on any atom is 0.319 e. The van der Waals surface area contributed by atoms with Crippen molar-refractivity contribution in [1.29, 1.82) is 0 Å². The first-order valence-corrected chi connectivity index (χ1v) is 11.4. The monoisotopic (exact) mass is 404 g/mol. The molecule has 0 saturated carbocycles. The van der Waals surface area contributed by atoms with Crippen molar-refractivity contribution in [2.24, 2.45) is 11.8 Å². The summed E-state index contributed by atoms with van der Waals surface area (Å²) < 4.78 is 0. The van der Waals surface area contributed by atoms with E-state index in [4.69, 9.17) is 0 Å². The van der Waals surface area contributed by atoms with Crippen LogP contribution in [0.5, 0.6) is 0 Å². The van der Waals surface area contributed by atoms with Crippen molar-refractivity contribution < 1.29 is 4.79 Å². The van der Waals surface area contributed by atoms with Crippen LogP contribution in [0, 0.1) is 11.8 Å². The van der Waals surface area contributed by atoms with Crippen LogP contribution in [0.2, 0.25) is 0 Å². The number of anilines is 1. The van der Waals surface area contributed by atoms with E-state index < -0.39 is 0 Å². The van der Waals surface area contributed by atoms with Gasteiger partial charge in [0, 0.05) is 44.5 Å². The molecule has 5 heteroatoms. The summed E-state index contributed by atoms with van der Waals surface area (Å²) in [6.07, 6.45) is 3.70. The molecule has 2 N–H and O–H groups in total. The summed E-state index contributed by atoms with van der Waals surface area (Å²) in [5, 5.41) is 6.01. The maximum atomic E-state index is 12.2. The molecule has 2 aromatic carbocycles. The molecule has 4 aliphatic heterocycles. The number of benzene rings is 2. The van der Waals surface area contributed by atoms with Gasteiger partial charge >= 0.3 is 6.03 Å². The van der Waals surface area contributed by atoms with Crippen LogP contribution in [0.15, 0.2) is 54.6 Å². The van der Waals surface area contributed by atoms with Gasteiger partial charge in [0.2, 0.25) is 0 Å². The first-order valence-electron chi connectivity index (χ1n) is 11.4. The lowest BCUT2D eigenvalue weighted by molar-refractivity contribution is -0.0124. The lowest BCUT2D eigenvalue weighted by Crippen LogP contribution is -2.58. The Labute approximate surface area is 179 Å². The summed E-state index contributed by atoms with van der Waals surface area (Å²) in [6.45, 7) is 6.59. The standard InChI is InChI=1S/C25H32N4O/c30-25(27-23-8-2-1-3-9-23)26-15-24-14-20-11-13-29(24)18-22(20)17-28-12-10-19-6-4-5-7-21(19)16-28/h1-9,20,22,24H,10-18H2,(H2,26,27,30). The Kier molecular flexibility index (Phi) is 5.73. The van der Waals surface area contributed by atoms with E-state index in [9.17, 15) is 4.79 Å². The Morgan fingerprint density at radius 3 is 2.60 bits per heavy atom. The Morgan fingerprint density at radius 1 is 1.00 bits per heavy atom. The molecular weight excluding hydrogens is 372 g/mol. The van der Waals surface area contributed by atoms with Gasteiger partial charge in [0.15, 0.2) is 0 Å². The second-order valence-corrected chi connectivity index (χ2v) is 9.15. The fraction of sp³-hybridized carbons (Fsp3) is 0.480. The number of urea groups is 1. The maximum absolute atomic E-state index is 12.2. The van der Waals surface area contributed by atoms with Crippen molar-refractivity contribution in [2.75, 3.05) is 38.0 Å². The Morgan fingerprint density at radius 2 is 1.80 bits per heavy atom. The van der Waals surface area contributed by atoms with Crippen LogP contribution in [-0.4, -0.2) is 54.6 Å². The van der Waals surface area contributed by atoms with Crippen molar-refractivity contribution in [3.05, 3.63) is 65.7 Å². The molecule has 158 valence electrons. The summed E-state index contributed by atoms with van der Waals surface area (Å²) in [5.74, 6) is 1.55. The topological polar surface area (TPSA) is 47.6 Å². The van der Waals surface area contributed by atoms with Gasteiger partial charge in [-0.05, 0) is 60.9 Å². The number of nitrogens with zero attached hydrogens (tertiary/aromatic N) is 2. The zero-order valence-electron chi connectivity index (χ0n) is 17.6. The molecule has 6 rings (SSSR count). The fourth-order valence-corrected chi connectivity index (χ4v) is 5.62. The van der Waals surface area contributed by atoms with E-state index in [-0.39, 0.29) is 6.03 Å². The minimum absolute atomic E-state index is 0.104. The predicted molar refractivity (Wildman–Crippen MR) is 120 cm³/mol. The normalized spacial score (nSPS) is 28.0. The highest BCUT2D eigenvalue weighted by Gasteiger charge is 2.40. The second kappa shape index (κ2) is 8.78. The molecule has 0 spiro atoms. The van der Waals surface area contributed by atoms with Crippen LogP contribution in [0.1, 0.15) is 24.0 Å². The summed E-state index contributed by atoms with van der Waals surface area (Å²) in [4.78, 5) is 17.5. The number of hydrogen-bond acceptors (Lipinski definition) is 3. The number of rotatable bonds is 5. The van der Waals surface area contributed by atoms with Crippen molar-refractivity contribution in [1.82, 2.24) is 15.1 Å². The number of piperidine rings is 3. The third-order valence-corrected chi connectivity index (χ3v) is 7.25. The molecule has 3 saturated heterocycles. The second-order valence-electron chi connectivity index (χ2n) is 9.15. The van der Waals surface area contributed by atoms with Gasteiger partial charge in [0.25, 0.3) is 0 Å². The molecule has 2 amide bonds. The highest BCUT2D eigenvalue weighted by Crippen LogP contribution is 2.37. The Bertz CT molecular complexity index is 870. The van der Waals surface area contributed by atoms with Crippen molar-refractivity contribution in [3.63, 3.8) is 0 Å². The molecule has 5 nitrogen and oxygen atoms in total. The van der Waals surface area contributed by atoms with E-state index in [0.717, 1.165) is 30.6 Å². The number of hydrogen-bond donors (Lipinski definition) is 2. The molecular formula is C25H32N4O. The smallest absolute Gasteiger partial charge is 0.319 e. The lowest BCUT2D eigenvalue weighted by atomic mass is 9.75. The van der Waals surface area contributed by atoms with Gasteiger partial charge in [-0.3, -0.25) is 9.80 Å². The van der Waals surface area contributed by atoms with Crippen molar-refractivity contribution >= 4 is 11.7 Å². The highest BCUT2D eigenvalue weighted by molar-refractivity contribution is 5.89. The van der Waals surface area contributed by atoms with Crippen LogP contribution in [-0.2, 0) is 13.0 Å². The quantitative estimate of drug-likeness (QED) is 0.801. The van der Waals surface area contributed by atoms with E-state index in [1.807, 2.05) is 30.3 Å². The molecule has 0 aliphatic carbocycles. The predicted octanol–water partition coefficient (Wildman–Crippen LogP) is 3.58. The lowest BCUT2D eigenvalue weighted by Gasteiger charge is -2.51. The molecule has 4 atom stereocenters. The number of nitrogens with one attached hydrogen (secondary N) is 2. The van der Waals surface area contributed by atoms with Crippen LogP contribution >= 0.6 is 0 Å². The Balaban J connectivity index is 1.11. The van der Waals surface area contributed by atoms with Crippen LogP contribution in [0.3, 0.4) is 0 Å². The molecule has 4 unspecified atom stereocenters. The van der Waals surface area contributed by atoms with Crippen LogP contribution in [0.25, 0.3) is 0 Å². The van der Waals surface area contributed by atoms with Gasteiger partial charge in [-0.1, -0.05) is 42.5 Å². The Hall–Kier alpha value is -2.37. The first kappa shape index (κ1) is 19.6. The summed E-state index contributed by atoms with van der Waals surface area (Å²) in [6, 6.07) is 18.9. The first-order chi connectivity index (χ1) is 14.7. The minimum atomic E-state index is -0.104. The fourth-order valence-electron chi connectivity index (χ4n) is 5.62. The minimum Gasteiger partial charge on any atom is -0.336 e. The van der Waals surface area contributed by atoms with Gasteiger partial charge in [-0.15, -0.1) is 0 Å². The van der Waals surface area contributed by atoms with Crippen LogP contribution in [0.4, 0.5) is 10.5 Å². The van der Waals surface area contributed by atoms with Crippen molar-refractivity contribution in [3.8, 4) is 0 Å². The molecule has 0 radical (unpaired) electrons. The molecule has 4 aliphatic rings. The van der Waals surface area contributed by atoms with E-state index in [0.29, 0.717) is 6.04 Å². The number of amides is 2. The SMILES string of the molecule is O=C(NCC1CC2CCN1CC2CN1CCc2ccccc2C1)Nc1ccccc1. The third-order valence-electron chi connectivity index (χ3n) is 7.25. The molecule has 2 aromatic rings. The number of fused-ring (bicyclic) bond motifs is 4. The average molecular weight is 405 g/mol. The number of carbonyl (C=O) groups excluding carboxylic acids is 1. The van der Waals surface area contributed by atoms with E-state index >= 15 is 0 Å². The van der Waals surface area contributed by atoms with Gasteiger partial charge in [-0.2, -0.15) is 0 Å². The summed E-state index contributed by atoms with van der Waals surface area (Å²) in [5.41, 5.74) is 3.88. The largest absolute Gasteiger partial charge is 0.336 e. The molecule has 2 bridgehead atoms. The number of para-hydroxylation sites is 1. The average Bonchev–Trinajstić information content (AvgIpc) is 2.79. The molecule has 0 aromatic heterocycles. The molecule has 4 heterocycles. The van der Waals surface area contributed by atoms with Gasteiger partial charge in [0.05, 0.1) is 0 Å². The van der Waals surface area contributed by atoms with Crippen molar-refractivity contribution in [2.45, 2.75) is 31.8 Å². The van der Waals surface area contributed by atoms with E-state index in [2.05, 4.69) is 44.7 Å². The van der Waals surface area contributed by atoms with Gasteiger partial charge in [-0.25, -0.2) is 4.79 Å². The summed E-state index contributed by atoms with van der Waals surface area (Å²) >= 11 is 0. The third kappa shape index (κ3) is 4.37. The number of carbonyl (C=O) groups is 1. The molecule has 30 heavy (non-hydrogen) atoms. The highest BCUT2D eigenvalue weighted by atomic mass is 16.2. The zero-order valence-corrected chi connectivity index (χ0v) is 17.6. The zero-order chi connectivity index (χ0) is 20.3. The molecule has 3 fully saturated rings. The van der Waals surface area contributed by atoms with Gasteiger partial charge in [0.1, 0.15) is 0 Å². The van der Waals surface area contributed by atoms with E-state index in [1.165, 1.54) is 56.6 Å².